The molecule has 1 saturated carbocycles. The van der Waals surface area contributed by atoms with Gasteiger partial charge in [0.25, 0.3) is 0 Å². The Morgan fingerprint density at radius 1 is 1.29 bits per heavy atom. The molecule has 1 fully saturated rings. The Labute approximate surface area is 102 Å². The molecule has 0 aliphatic heterocycles. The molecule has 0 unspecified atom stereocenters. The maximum atomic E-state index is 9.36. The normalized spacial score (nSPS) is 15.8. The molecule has 0 radical (unpaired) electrons. The highest BCUT2D eigenvalue weighted by atomic mass is 16.5. The maximum absolute atomic E-state index is 9.36. The summed E-state index contributed by atoms with van der Waals surface area (Å²) >= 11 is 0. The van der Waals surface area contributed by atoms with Gasteiger partial charge in [-0.1, -0.05) is 19.9 Å². The van der Waals surface area contributed by atoms with E-state index < -0.39 is 0 Å². The van der Waals surface area contributed by atoms with Crippen LogP contribution in [-0.2, 0) is 5.41 Å². The molecular formula is C14H20O3. The number of hydrogen-bond donors (Lipinski definition) is 1. The molecule has 0 aromatic heterocycles. The van der Waals surface area contributed by atoms with E-state index in [1.54, 1.807) is 7.11 Å². The van der Waals surface area contributed by atoms with Gasteiger partial charge >= 0.3 is 0 Å². The summed E-state index contributed by atoms with van der Waals surface area (Å²) in [4.78, 5) is 0. The second-order valence-electron chi connectivity index (χ2n) is 5.22. The fraction of sp³-hybridized carbons (Fsp3) is 0.571. The molecule has 0 atom stereocenters. The van der Waals surface area contributed by atoms with Gasteiger partial charge in [-0.05, 0) is 30.5 Å². The van der Waals surface area contributed by atoms with E-state index in [1.165, 1.54) is 0 Å². The van der Waals surface area contributed by atoms with Crippen LogP contribution in [-0.4, -0.2) is 24.9 Å². The van der Waals surface area contributed by atoms with Crippen molar-refractivity contribution in [2.24, 2.45) is 0 Å². The molecule has 1 aromatic carbocycles. The van der Waals surface area contributed by atoms with Crippen molar-refractivity contribution in [2.75, 3.05) is 13.7 Å². The summed E-state index contributed by atoms with van der Waals surface area (Å²) in [6.07, 6.45) is 2.63. The summed E-state index contributed by atoms with van der Waals surface area (Å²) in [7, 11) is 1.64. The lowest BCUT2D eigenvalue weighted by Gasteiger charge is -2.23. The number of ether oxygens (including phenoxy) is 2. The Kier molecular flexibility index (Phi) is 3.29. The number of hydrogen-bond acceptors (Lipinski definition) is 3. The van der Waals surface area contributed by atoms with E-state index in [1.807, 2.05) is 32.0 Å². The number of aliphatic hydroxyl groups excluding tert-OH is 1. The van der Waals surface area contributed by atoms with Crippen molar-refractivity contribution < 1.29 is 14.6 Å². The zero-order valence-corrected chi connectivity index (χ0v) is 10.7. The monoisotopic (exact) mass is 236 g/mol. The Morgan fingerprint density at radius 2 is 2.00 bits per heavy atom. The van der Waals surface area contributed by atoms with Gasteiger partial charge in [-0.25, -0.2) is 0 Å². The summed E-state index contributed by atoms with van der Waals surface area (Å²) < 4.78 is 11.1. The van der Waals surface area contributed by atoms with Crippen molar-refractivity contribution in [2.45, 2.75) is 38.2 Å². The SMILES string of the molecule is COc1cc(C(C)(C)CO)ccc1OC1CC1. The van der Waals surface area contributed by atoms with Crippen LogP contribution >= 0.6 is 0 Å². The van der Waals surface area contributed by atoms with Crippen LogP contribution in [0.4, 0.5) is 0 Å². The van der Waals surface area contributed by atoms with Crippen LogP contribution in [0.15, 0.2) is 18.2 Å². The van der Waals surface area contributed by atoms with Crippen molar-refractivity contribution in [3.05, 3.63) is 23.8 Å². The third kappa shape index (κ3) is 2.72. The van der Waals surface area contributed by atoms with Crippen LogP contribution in [0.25, 0.3) is 0 Å². The Balaban J connectivity index is 2.26. The fourth-order valence-electron chi connectivity index (χ4n) is 1.64. The van der Waals surface area contributed by atoms with Gasteiger partial charge in [0.15, 0.2) is 11.5 Å². The average Bonchev–Trinajstić information content (AvgIpc) is 3.13. The molecule has 1 aliphatic rings. The van der Waals surface area contributed by atoms with Gasteiger partial charge in [-0.2, -0.15) is 0 Å². The summed E-state index contributed by atoms with van der Waals surface area (Å²) in [5, 5.41) is 9.36. The van der Waals surface area contributed by atoms with Gasteiger partial charge in [0.05, 0.1) is 19.8 Å². The highest BCUT2D eigenvalue weighted by Gasteiger charge is 2.26. The summed E-state index contributed by atoms with van der Waals surface area (Å²) in [5.41, 5.74) is 0.797. The average molecular weight is 236 g/mol. The minimum absolute atomic E-state index is 0.110. The molecule has 0 bridgehead atoms. The first-order chi connectivity index (χ1) is 8.06. The van der Waals surface area contributed by atoms with Gasteiger partial charge in [0.1, 0.15) is 0 Å². The molecule has 94 valence electrons. The Hall–Kier alpha value is -1.22. The maximum Gasteiger partial charge on any atom is 0.161 e. The lowest BCUT2D eigenvalue weighted by atomic mass is 9.85. The largest absolute Gasteiger partial charge is 0.493 e. The van der Waals surface area contributed by atoms with Crippen LogP contribution < -0.4 is 9.47 Å². The first-order valence-electron chi connectivity index (χ1n) is 6.03. The molecule has 2 rings (SSSR count). The van der Waals surface area contributed by atoms with E-state index in [9.17, 15) is 5.11 Å². The van der Waals surface area contributed by atoms with Crippen molar-refractivity contribution in [3.8, 4) is 11.5 Å². The predicted molar refractivity (Wildman–Crippen MR) is 66.8 cm³/mol. The van der Waals surface area contributed by atoms with Crippen LogP contribution in [0.5, 0.6) is 11.5 Å². The van der Waals surface area contributed by atoms with Crippen LogP contribution in [0, 0.1) is 0 Å². The zero-order valence-electron chi connectivity index (χ0n) is 10.7. The molecule has 0 amide bonds. The van der Waals surface area contributed by atoms with Crippen molar-refractivity contribution in [1.29, 1.82) is 0 Å². The van der Waals surface area contributed by atoms with Gasteiger partial charge in [-0.3, -0.25) is 0 Å². The van der Waals surface area contributed by atoms with Crippen molar-refractivity contribution >= 4 is 0 Å². The van der Waals surface area contributed by atoms with E-state index in [-0.39, 0.29) is 12.0 Å². The molecule has 0 saturated heterocycles. The smallest absolute Gasteiger partial charge is 0.161 e. The Morgan fingerprint density at radius 3 is 2.53 bits per heavy atom. The molecule has 0 heterocycles. The molecule has 3 nitrogen and oxygen atoms in total. The van der Waals surface area contributed by atoms with Gasteiger partial charge in [0.2, 0.25) is 0 Å². The number of rotatable bonds is 5. The first kappa shape index (κ1) is 12.2. The van der Waals surface area contributed by atoms with Crippen LogP contribution in [0.2, 0.25) is 0 Å². The van der Waals surface area contributed by atoms with Gasteiger partial charge < -0.3 is 14.6 Å². The topological polar surface area (TPSA) is 38.7 Å². The van der Waals surface area contributed by atoms with Gasteiger partial charge in [0, 0.05) is 5.41 Å². The molecule has 1 aliphatic carbocycles. The first-order valence-corrected chi connectivity index (χ1v) is 6.03. The Bertz CT molecular complexity index is 394. The second kappa shape index (κ2) is 4.57. The van der Waals surface area contributed by atoms with Crippen LogP contribution in [0.1, 0.15) is 32.3 Å². The molecule has 3 heteroatoms. The van der Waals surface area contributed by atoms with Crippen molar-refractivity contribution in [3.63, 3.8) is 0 Å². The van der Waals surface area contributed by atoms with Crippen molar-refractivity contribution in [1.82, 2.24) is 0 Å². The van der Waals surface area contributed by atoms with Crippen LogP contribution in [0.3, 0.4) is 0 Å². The minimum Gasteiger partial charge on any atom is -0.493 e. The lowest BCUT2D eigenvalue weighted by Crippen LogP contribution is -2.22. The molecular weight excluding hydrogens is 216 g/mol. The molecule has 1 N–H and O–H groups in total. The van der Waals surface area contributed by atoms with Gasteiger partial charge in [-0.15, -0.1) is 0 Å². The fourth-order valence-corrected chi connectivity index (χ4v) is 1.64. The summed E-state index contributed by atoms with van der Waals surface area (Å²) in [5.74, 6) is 1.54. The third-order valence-corrected chi connectivity index (χ3v) is 3.16. The predicted octanol–water partition coefficient (Wildman–Crippen LogP) is 2.51. The number of benzene rings is 1. The number of aliphatic hydroxyl groups is 1. The number of methoxy groups -OCH3 is 1. The summed E-state index contributed by atoms with van der Waals surface area (Å²) in [6, 6.07) is 5.88. The van der Waals surface area contributed by atoms with E-state index in [0.29, 0.717) is 6.10 Å². The second-order valence-corrected chi connectivity index (χ2v) is 5.22. The standard InChI is InChI=1S/C14H20O3/c1-14(2,9-15)10-4-7-12(13(8-10)16-3)17-11-5-6-11/h4,7-8,11,15H,5-6,9H2,1-3H3. The highest BCUT2D eigenvalue weighted by molar-refractivity contribution is 5.45. The zero-order chi connectivity index (χ0) is 12.5. The molecule has 17 heavy (non-hydrogen) atoms. The molecule has 0 spiro atoms. The summed E-state index contributed by atoms with van der Waals surface area (Å²) in [6.45, 7) is 4.12. The van der Waals surface area contributed by atoms with E-state index in [4.69, 9.17) is 9.47 Å². The molecule has 1 aromatic rings. The lowest BCUT2D eigenvalue weighted by molar-refractivity contribution is 0.217. The van der Waals surface area contributed by atoms with E-state index >= 15 is 0 Å². The van der Waals surface area contributed by atoms with E-state index in [0.717, 1.165) is 29.9 Å². The highest BCUT2D eigenvalue weighted by Crippen LogP contribution is 2.36. The minimum atomic E-state index is -0.259. The van der Waals surface area contributed by atoms with E-state index in [2.05, 4.69) is 0 Å². The third-order valence-electron chi connectivity index (χ3n) is 3.16. The quantitative estimate of drug-likeness (QED) is 0.853.